The summed E-state index contributed by atoms with van der Waals surface area (Å²) >= 11 is 0. The van der Waals surface area contributed by atoms with E-state index in [4.69, 9.17) is 0 Å². The fraction of sp³-hybridized carbons (Fsp3) is 0.400. The van der Waals surface area contributed by atoms with Crippen molar-refractivity contribution in [2.45, 2.75) is 13.8 Å². The van der Waals surface area contributed by atoms with Crippen LogP contribution < -0.4 is 5.32 Å². The number of hydrogen-bond donors (Lipinski definition) is 1. The summed E-state index contributed by atoms with van der Waals surface area (Å²) in [6.07, 6.45) is 7.09. The number of imide groups is 1. The van der Waals surface area contributed by atoms with Crippen LogP contribution in [0.5, 0.6) is 0 Å². The van der Waals surface area contributed by atoms with E-state index >= 15 is 0 Å². The average Bonchev–Trinajstić information content (AvgIpc) is 2.47. The Labute approximate surface area is 77.5 Å². The molecule has 70 valence electrons. The van der Waals surface area contributed by atoms with E-state index in [0.717, 1.165) is 0 Å². The van der Waals surface area contributed by atoms with Gasteiger partial charge in [-0.1, -0.05) is 38.2 Å². The van der Waals surface area contributed by atoms with Crippen LogP contribution in [0, 0.1) is 11.8 Å². The van der Waals surface area contributed by atoms with Crippen LogP contribution in [0.1, 0.15) is 13.8 Å². The molecule has 2 aliphatic rings. The number of hydrogen-bond acceptors (Lipinski definition) is 2. The minimum atomic E-state index is -0.257. The van der Waals surface area contributed by atoms with E-state index in [2.05, 4.69) is 5.32 Å². The van der Waals surface area contributed by atoms with Crippen LogP contribution >= 0.6 is 0 Å². The normalized spacial score (nSPS) is 29.1. The van der Waals surface area contributed by atoms with Crippen molar-refractivity contribution in [3.63, 3.8) is 0 Å². The summed E-state index contributed by atoms with van der Waals surface area (Å²) in [6, 6.07) is 0. The molecule has 2 atom stereocenters. The number of amides is 2. The lowest BCUT2D eigenvalue weighted by Crippen LogP contribution is -2.21. The van der Waals surface area contributed by atoms with Gasteiger partial charge in [-0.15, -0.1) is 0 Å². The molecule has 0 aromatic heterocycles. The maximum atomic E-state index is 11.0. The van der Waals surface area contributed by atoms with Crippen molar-refractivity contribution >= 4 is 11.8 Å². The molecule has 1 aliphatic carbocycles. The van der Waals surface area contributed by atoms with Gasteiger partial charge in [0.15, 0.2) is 0 Å². The van der Waals surface area contributed by atoms with Crippen molar-refractivity contribution in [3.05, 3.63) is 24.3 Å². The molecule has 2 amide bonds. The lowest BCUT2D eigenvalue weighted by molar-refractivity contribution is -0.125. The lowest BCUT2D eigenvalue weighted by Gasteiger charge is -2.08. The molecule has 0 bridgehead atoms. The second-order valence-corrected chi connectivity index (χ2v) is 2.67. The van der Waals surface area contributed by atoms with E-state index in [0.29, 0.717) is 0 Å². The van der Waals surface area contributed by atoms with Gasteiger partial charge in [-0.25, -0.2) is 0 Å². The van der Waals surface area contributed by atoms with Crippen molar-refractivity contribution in [1.29, 1.82) is 0 Å². The first kappa shape index (κ1) is 9.71. The zero-order valence-electron chi connectivity index (χ0n) is 7.78. The molecule has 1 aliphatic heterocycles. The third kappa shape index (κ3) is 1.69. The first-order chi connectivity index (χ1) is 6.29. The Morgan fingerprint density at radius 3 is 1.77 bits per heavy atom. The summed E-state index contributed by atoms with van der Waals surface area (Å²) in [7, 11) is 0. The first-order valence-electron chi connectivity index (χ1n) is 4.49. The summed E-state index contributed by atoms with van der Waals surface area (Å²) in [5.41, 5.74) is 0. The van der Waals surface area contributed by atoms with Gasteiger partial charge in [0.25, 0.3) is 0 Å². The van der Waals surface area contributed by atoms with Crippen molar-refractivity contribution in [2.75, 3.05) is 0 Å². The second kappa shape index (κ2) is 4.03. The van der Waals surface area contributed by atoms with E-state index in [9.17, 15) is 9.59 Å². The molecule has 13 heavy (non-hydrogen) atoms. The summed E-state index contributed by atoms with van der Waals surface area (Å²) in [5.74, 6) is -0.874. The molecule has 2 unspecified atom stereocenters. The Bertz CT molecular complexity index is 251. The molecule has 3 heteroatoms. The number of fused-ring (bicyclic) bond motifs is 1. The quantitative estimate of drug-likeness (QED) is 0.564. The van der Waals surface area contributed by atoms with Crippen LogP contribution in [0.3, 0.4) is 0 Å². The third-order valence-electron chi connectivity index (χ3n) is 1.99. The molecule has 0 aromatic rings. The van der Waals surface area contributed by atoms with Crippen LogP contribution in [0.4, 0.5) is 0 Å². The highest BCUT2D eigenvalue weighted by molar-refractivity contribution is 6.07. The summed E-state index contributed by atoms with van der Waals surface area (Å²) in [5, 5.41) is 2.28. The minimum absolute atomic E-state index is 0.180. The van der Waals surface area contributed by atoms with Gasteiger partial charge in [-0.3, -0.25) is 14.9 Å². The van der Waals surface area contributed by atoms with Crippen LogP contribution in [0.15, 0.2) is 24.3 Å². The minimum Gasteiger partial charge on any atom is -0.295 e. The van der Waals surface area contributed by atoms with Gasteiger partial charge in [-0.05, 0) is 0 Å². The van der Waals surface area contributed by atoms with Gasteiger partial charge in [0.1, 0.15) is 0 Å². The molecule has 3 nitrogen and oxygen atoms in total. The predicted octanol–water partition coefficient (Wildman–Crippen LogP) is 1.03. The topological polar surface area (TPSA) is 46.2 Å². The van der Waals surface area contributed by atoms with E-state index in [1.807, 2.05) is 13.8 Å². The molecule has 0 radical (unpaired) electrons. The maximum absolute atomic E-state index is 11.0. The highest BCUT2D eigenvalue weighted by Crippen LogP contribution is 2.24. The lowest BCUT2D eigenvalue weighted by atomic mass is 9.91. The van der Waals surface area contributed by atoms with Crippen LogP contribution in [0.25, 0.3) is 0 Å². The van der Waals surface area contributed by atoms with Crippen molar-refractivity contribution in [2.24, 2.45) is 11.8 Å². The molecule has 1 heterocycles. The Morgan fingerprint density at radius 1 is 1.00 bits per heavy atom. The fourth-order valence-corrected chi connectivity index (χ4v) is 1.40. The number of nitrogens with one attached hydrogen (secondary N) is 1. The van der Waals surface area contributed by atoms with Gasteiger partial charge in [-0.2, -0.15) is 0 Å². The van der Waals surface area contributed by atoms with Crippen molar-refractivity contribution in [3.8, 4) is 0 Å². The van der Waals surface area contributed by atoms with Gasteiger partial charge >= 0.3 is 0 Å². The van der Waals surface area contributed by atoms with E-state index in [1.165, 1.54) is 0 Å². The van der Waals surface area contributed by atoms with Gasteiger partial charge in [0.05, 0.1) is 11.8 Å². The van der Waals surface area contributed by atoms with Gasteiger partial charge in [0, 0.05) is 0 Å². The second-order valence-electron chi connectivity index (χ2n) is 2.67. The standard InChI is InChI=1S/C8H7NO2.C2H6/c10-7-5-3-1-2-4-6(5)8(11)9-7;1-2/h1-6H,(H,9,10,11);1-2H3. The molecule has 0 saturated carbocycles. The summed E-state index contributed by atoms with van der Waals surface area (Å²) in [6.45, 7) is 4.00. The zero-order chi connectivity index (χ0) is 9.84. The monoisotopic (exact) mass is 179 g/mol. The highest BCUT2D eigenvalue weighted by atomic mass is 16.2. The van der Waals surface area contributed by atoms with Gasteiger partial charge < -0.3 is 0 Å². The summed E-state index contributed by atoms with van der Waals surface area (Å²) in [4.78, 5) is 22.0. The molecular weight excluding hydrogens is 166 g/mol. The highest BCUT2D eigenvalue weighted by Gasteiger charge is 2.38. The molecule has 1 saturated heterocycles. The fourth-order valence-electron chi connectivity index (χ4n) is 1.40. The van der Waals surface area contributed by atoms with Crippen molar-refractivity contribution < 1.29 is 9.59 Å². The predicted molar refractivity (Wildman–Crippen MR) is 49.8 cm³/mol. The Balaban J connectivity index is 0.000000396. The van der Waals surface area contributed by atoms with Crippen molar-refractivity contribution in [1.82, 2.24) is 5.32 Å². The summed E-state index contributed by atoms with van der Waals surface area (Å²) < 4.78 is 0. The SMILES string of the molecule is CC.O=C1NC(=O)C2C=CC=CC12. The van der Waals surface area contributed by atoms with E-state index in [1.54, 1.807) is 24.3 Å². The number of rotatable bonds is 0. The zero-order valence-corrected chi connectivity index (χ0v) is 7.78. The largest absolute Gasteiger partial charge is 0.295 e. The molecule has 0 spiro atoms. The van der Waals surface area contributed by atoms with E-state index < -0.39 is 0 Å². The van der Waals surface area contributed by atoms with E-state index in [-0.39, 0.29) is 23.7 Å². The molecule has 0 aromatic carbocycles. The average molecular weight is 179 g/mol. The molecule has 1 fully saturated rings. The Kier molecular flexibility index (Phi) is 3.01. The first-order valence-corrected chi connectivity index (χ1v) is 4.49. The Hall–Kier alpha value is -1.38. The maximum Gasteiger partial charge on any atom is 0.234 e. The smallest absolute Gasteiger partial charge is 0.234 e. The number of carbonyl (C=O) groups is 2. The Morgan fingerprint density at radius 2 is 1.38 bits per heavy atom. The van der Waals surface area contributed by atoms with Crippen LogP contribution in [0.2, 0.25) is 0 Å². The number of carbonyl (C=O) groups excluding carboxylic acids is 2. The van der Waals surface area contributed by atoms with Crippen LogP contribution in [-0.4, -0.2) is 11.8 Å². The third-order valence-corrected chi connectivity index (χ3v) is 1.99. The van der Waals surface area contributed by atoms with Crippen LogP contribution in [-0.2, 0) is 9.59 Å². The molecule has 1 N–H and O–H groups in total. The van der Waals surface area contributed by atoms with Gasteiger partial charge in [0.2, 0.25) is 11.8 Å². The molecular formula is C10H13NO2. The number of allylic oxidation sites excluding steroid dienone is 2. The molecule has 2 rings (SSSR count).